The predicted octanol–water partition coefficient (Wildman–Crippen LogP) is 2.74. The van der Waals surface area contributed by atoms with Crippen molar-refractivity contribution in [2.24, 2.45) is 11.8 Å². The van der Waals surface area contributed by atoms with Crippen LogP contribution >= 0.6 is 11.6 Å². The Balaban J connectivity index is 1.74. The molecule has 3 saturated heterocycles. The lowest BCUT2D eigenvalue weighted by molar-refractivity contribution is -0.154. The van der Waals surface area contributed by atoms with Gasteiger partial charge in [0.15, 0.2) is 0 Å². The van der Waals surface area contributed by atoms with Gasteiger partial charge in [0, 0.05) is 19.7 Å². The number of para-hydroxylation sites is 1. The lowest BCUT2D eigenvalue weighted by Crippen LogP contribution is -2.56. The zero-order chi connectivity index (χ0) is 25.2. The van der Waals surface area contributed by atoms with E-state index in [0.717, 1.165) is 0 Å². The molecule has 5 atom stereocenters. The molecule has 0 saturated carbocycles. The van der Waals surface area contributed by atoms with Crippen LogP contribution in [0.15, 0.2) is 49.6 Å². The molecule has 35 heavy (non-hydrogen) atoms. The lowest BCUT2D eigenvalue weighted by atomic mass is 9.70. The van der Waals surface area contributed by atoms with Crippen molar-refractivity contribution < 1.29 is 29.0 Å². The Bertz CT molecular complexity index is 1020. The average molecular weight is 503 g/mol. The molecular weight excluding hydrogens is 472 g/mol. The van der Waals surface area contributed by atoms with Crippen LogP contribution in [0, 0.1) is 11.8 Å². The van der Waals surface area contributed by atoms with E-state index in [-0.39, 0.29) is 38.1 Å². The Hall–Kier alpha value is -2.68. The Kier molecular flexibility index (Phi) is 7.64. The molecule has 4 rings (SSSR count). The summed E-state index contributed by atoms with van der Waals surface area (Å²) in [5.41, 5.74) is -0.618. The number of amides is 2. The first-order chi connectivity index (χ1) is 16.9. The van der Waals surface area contributed by atoms with Crippen LogP contribution < -0.4 is 4.90 Å². The molecule has 2 bridgehead atoms. The van der Waals surface area contributed by atoms with Gasteiger partial charge in [-0.15, -0.1) is 6.58 Å². The highest BCUT2D eigenvalue weighted by Gasteiger charge is 2.75. The minimum Gasteiger partial charge on any atom is -0.461 e. The fraction of sp³-hybridized carbons (Fsp3) is 0.500. The Morgan fingerprint density at radius 2 is 2.06 bits per heavy atom. The highest BCUT2D eigenvalue weighted by Crippen LogP contribution is 2.59. The van der Waals surface area contributed by atoms with Crippen LogP contribution in [0.25, 0.3) is 0 Å². The number of carbonyl (C=O) groups is 3. The summed E-state index contributed by atoms with van der Waals surface area (Å²) >= 11 is 6.44. The third-order valence-electron chi connectivity index (χ3n) is 7.18. The van der Waals surface area contributed by atoms with Gasteiger partial charge in [0.05, 0.1) is 28.6 Å². The van der Waals surface area contributed by atoms with Gasteiger partial charge in [-0.2, -0.15) is 0 Å². The zero-order valence-corrected chi connectivity index (χ0v) is 20.4. The third-order valence-corrected chi connectivity index (χ3v) is 7.50. The summed E-state index contributed by atoms with van der Waals surface area (Å²) in [6.45, 7) is 7.84. The van der Waals surface area contributed by atoms with Crippen molar-refractivity contribution in [2.75, 3.05) is 31.2 Å². The maximum Gasteiger partial charge on any atom is 0.312 e. The number of ether oxygens (including phenoxy) is 2. The van der Waals surface area contributed by atoms with Crippen LogP contribution in [0.5, 0.6) is 0 Å². The van der Waals surface area contributed by atoms with Crippen molar-refractivity contribution in [2.45, 2.75) is 43.4 Å². The van der Waals surface area contributed by atoms with Gasteiger partial charge < -0.3 is 24.4 Å². The number of unbranched alkanes of at least 4 members (excludes halogenated alkanes) is 1. The molecule has 0 aliphatic carbocycles. The second kappa shape index (κ2) is 10.5. The van der Waals surface area contributed by atoms with Crippen molar-refractivity contribution in [3.8, 4) is 0 Å². The number of aliphatic hydroxyl groups excluding tert-OH is 1. The van der Waals surface area contributed by atoms with E-state index in [2.05, 4.69) is 13.2 Å². The molecule has 2 amide bonds. The fourth-order valence-electron chi connectivity index (χ4n) is 5.83. The number of hydrogen-bond donors (Lipinski definition) is 1. The van der Waals surface area contributed by atoms with E-state index in [0.29, 0.717) is 36.4 Å². The summed E-state index contributed by atoms with van der Waals surface area (Å²) in [4.78, 5) is 44.0. The van der Waals surface area contributed by atoms with E-state index in [1.54, 1.807) is 30.3 Å². The third kappa shape index (κ3) is 4.28. The molecule has 2 unspecified atom stereocenters. The molecule has 9 heteroatoms. The highest BCUT2D eigenvalue weighted by atomic mass is 35.5. The summed E-state index contributed by atoms with van der Waals surface area (Å²) in [7, 11) is 0. The molecule has 3 heterocycles. The lowest BCUT2D eigenvalue weighted by Gasteiger charge is -2.37. The Morgan fingerprint density at radius 1 is 1.29 bits per heavy atom. The van der Waals surface area contributed by atoms with Crippen molar-refractivity contribution in [1.29, 1.82) is 0 Å². The van der Waals surface area contributed by atoms with Crippen LogP contribution in [0.4, 0.5) is 5.69 Å². The molecule has 0 radical (unpaired) electrons. The van der Waals surface area contributed by atoms with Crippen molar-refractivity contribution in [3.63, 3.8) is 0 Å². The number of likely N-dealkylation sites (tertiary alicyclic amines) is 1. The van der Waals surface area contributed by atoms with Gasteiger partial charge in [-0.05, 0) is 37.8 Å². The summed E-state index contributed by atoms with van der Waals surface area (Å²) < 4.78 is 11.7. The smallest absolute Gasteiger partial charge is 0.312 e. The van der Waals surface area contributed by atoms with Gasteiger partial charge >= 0.3 is 5.97 Å². The maximum absolute atomic E-state index is 14.2. The highest BCUT2D eigenvalue weighted by molar-refractivity contribution is 6.34. The van der Waals surface area contributed by atoms with Crippen molar-refractivity contribution in [3.05, 3.63) is 54.6 Å². The van der Waals surface area contributed by atoms with Crippen LogP contribution in [-0.2, 0) is 23.9 Å². The minimum atomic E-state index is -1.13. The molecule has 3 aliphatic rings. The monoisotopic (exact) mass is 502 g/mol. The van der Waals surface area contributed by atoms with E-state index in [4.69, 9.17) is 21.1 Å². The van der Waals surface area contributed by atoms with Gasteiger partial charge in [-0.25, -0.2) is 0 Å². The number of hydrogen-bond acceptors (Lipinski definition) is 6. The zero-order valence-electron chi connectivity index (χ0n) is 19.6. The number of rotatable bonds is 11. The Morgan fingerprint density at radius 3 is 2.74 bits per heavy atom. The second-order valence-electron chi connectivity index (χ2n) is 9.13. The van der Waals surface area contributed by atoms with Gasteiger partial charge in [0.25, 0.3) is 5.91 Å². The molecule has 3 fully saturated rings. The quantitative estimate of drug-likeness (QED) is 0.284. The number of esters is 1. The first kappa shape index (κ1) is 25.4. The minimum absolute atomic E-state index is 0.0213. The Labute approximate surface area is 210 Å². The number of halogens is 1. The summed E-state index contributed by atoms with van der Waals surface area (Å²) in [5.74, 6) is -2.71. The van der Waals surface area contributed by atoms with Crippen LogP contribution in [0.2, 0.25) is 5.02 Å². The average Bonchev–Trinajstić information content (AvgIpc) is 3.49. The van der Waals surface area contributed by atoms with Crippen LogP contribution in [-0.4, -0.2) is 71.8 Å². The summed E-state index contributed by atoms with van der Waals surface area (Å²) in [6.07, 6.45) is 4.63. The van der Waals surface area contributed by atoms with E-state index in [9.17, 15) is 19.5 Å². The molecular formula is C26H31ClN2O6. The molecule has 3 aliphatic heterocycles. The van der Waals surface area contributed by atoms with Crippen LogP contribution in [0.3, 0.4) is 0 Å². The molecule has 1 aromatic carbocycles. The number of aliphatic hydroxyl groups is 1. The van der Waals surface area contributed by atoms with Crippen LogP contribution in [0.1, 0.15) is 25.7 Å². The standard InChI is InChI=1S/C26H31ClN2O6/c1-3-13-28(18-10-6-5-9-17(18)27)24(32)22-26-12-11-19(35-26)20(25(33)34-16-4-2)21(26)23(31)29(22)14-7-8-15-30/h3-6,9-10,19-22,30H,1-2,7-8,11-16H2/t19-,20+,21+,22?,26?/m1/s1. The number of anilines is 1. The largest absolute Gasteiger partial charge is 0.461 e. The van der Waals surface area contributed by atoms with E-state index in [1.807, 2.05) is 0 Å². The molecule has 0 aromatic heterocycles. The first-order valence-corrected chi connectivity index (χ1v) is 12.3. The second-order valence-corrected chi connectivity index (χ2v) is 9.53. The molecule has 1 spiro atoms. The number of nitrogens with zero attached hydrogens (tertiary/aromatic N) is 2. The van der Waals surface area contributed by atoms with E-state index >= 15 is 0 Å². The van der Waals surface area contributed by atoms with Gasteiger partial charge in [-0.1, -0.05) is 42.5 Å². The van der Waals surface area contributed by atoms with Crippen molar-refractivity contribution in [1.82, 2.24) is 4.90 Å². The van der Waals surface area contributed by atoms with Crippen molar-refractivity contribution >= 4 is 35.1 Å². The fourth-order valence-corrected chi connectivity index (χ4v) is 6.06. The number of fused-ring (bicyclic) bond motifs is 1. The number of carbonyl (C=O) groups excluding carboxylic acids is 3. The predicted molar refractivity (Wildman–Crippen MR) is 131 cm³/mol. The topological polar surface area (TPSA) is 96.4 Å². The number of benzene rings is 1. The molecule has 188 valence electrons. The van der Waals surface area contributed by atoms with E-state index in [1.165, 1.54) is 15.9 Å². The van der Waals surface area contributed by atoms with Gasteiger partial charge in [0.1, 0.15) is 18.2 Å². The normalized spacial score (nSPS) is 28.6. The van der Waals surface area contributed by atoms with Gasteiger partial charge in [0.2, 0.25) is 5.91 Å². The molecule has 1 N–H and O–H groups in total. The van der Waals surface area contributed by atoms with Gasteiger partial charge in [-0.3, -0.25) is 14.4 Å². The van der Waals surface area contributed by atoms with E-state index < -0.39 is 35.6 Å². The molecule has 1 aromatic rings. The first-order valence-electron chi connectivity index (χ1n) is 11.9. The summed E-state index contributed by atoms with van der Waals surface area (Å²) in [6, 6.07) is 6.07. The summed E-state index contributed by atoms with van der Waals surface area (Å²) in [5, 5.41) is 9.68. The maximum atomic E-state index is 14.2. The molecule has 8 nitrogen and oxygen atoms in total. The SMILES string of the molecule is C=CCOC(=O)[C@@H]1[C@H]2C(=O)N(CCCCO)C(C(=O)N(CC=C)c3ccccc3Cl)C23CC[C@H]1O3.